The van der Waals surface area contributed by atoms with E-state index in [1.165, 1.54) is 0 Å². The number of rotatable bonds is 3. The van der Waals surface area contributed by atoms with Crippen molar-refractivity contribution in [2.24, 2.45) is 10.7 Å². The summed E-state index contributed by atoms with van der Waals surface area (Å²) in [5.41, 5.74) is 8.93. The zero-order chi connectivity index (χ0) is 21.8. The minimum Gasteiger partial charge on any atom is -0.369 e. The summed E-state index contributed by atoms with van der Waals surface area (Å²) in [6.07, 6.45) is 3.45. The van der Waals surface area contributed by atoms with Crippen molar-refractivity contribution in [3.63, 3.8) is 0 Å². The summed E-state index contributed by atoms with van der Waals surface area (Å²) in [6.45, 7) is 2.93. The van der Waals surface area contributed by atoms with E-state index in [0.717, 1.165) is 43.2 Å². The minimum atomic E-state index is 0.460. The molecular weight excluding hydrogens is 433 g/mol. The summed E-state index contributed by atoms with van der Waals surface area (Å²) >= 11 is 12.4. The highest BCUT2D eigenvalue weighted by atomic mass is 35.5. The molecule has 1 saturated heterocycles. The summed E-state index contributed by atoms with van der Waals surface area (Å²) in [7, 11) is 0. The van der Waals surface area contributed by atoms with Gasteiger partial charge in [-0.3, -0.25) is 4.98 Å². The van der Waals surface area contributed by atoms with Gasteiger partial charge in [-0.05, 0) is 30.3 Å². The number of guanidine groups is 1. The van der Waals surface area contributed by atoms with E-state index in [-0.39, 0.29) is 0 Å². The van der Waals surface area contributed by atoms with Crippen LogP contribution in [0.1, 0.15) is 5.56 Å². The molecule has 0 aliphatic carbocycles. The van der Waals surface area contributed by atoms with E-state index in [4.69, 9.17) is 34.2 Å². The molecule has 2 heterocycles. The van der Waals surface area contributed by atoms with E-state index in [2.05, 4.69) is 25.9 Å². The molecule has 1 aromatic heterocycles. The molecule has 0 radical (unpaired) electrons. The fourth-order valence-corrected chi connectivity index (χ4v) is 3.70. The molecule has 1 aliphatic heterocycles. The Labute approximate surface area is 190 Å². The van der Waals surface area contributed by atoms with Gasteiger partial charge in [0.1, 0.15) is 5.82 Å². The molecule has 0 bridgehead atoms. The maximum absolute atomic E-state index is 8.89. The Morgan fingerprint density at radius 1 is 1.00 bits per heavy atom. The third kappa shape index (κ3) is 4.71. The molecule has 3 aromatic rings. The van der Waals surface area contributed by atoms with Crippen molar-refractivity contribution < 1.29 is 0 Å². The van der Waals surface area contributed by atoms with Crippen LogP contribution in [0.15, 0.2) is 59.9 Å². The first kappa shape index (κ1) is 20.9. The van der Waals surface area contributed by atoms with E-state index >= 15 is 0 Å². The summed E-state index contributed by atoms with van der Waals surface area (Å²) in [5.74, 6) is 1.26. The second kappa shape index (κ2) is 9.21. The highest BCUT2D eigenvalue weighted by Gasteiger charge is 2.20. The van der Waals surface area contributed by atoms with Crippen molar-refractivity contribution in [2.75, 3.05) is 31.1 Å². The van der Waals surface area contributed by atoms with Crippen molar-refractivity contribution in [3.05, 3.63) is 70.5 Å². The van der Waals surface area contributed by atoms with Crippen molar-refractivity contribution in [3.8, 4) is 17.3 Å². The van der Waals surface area contributed by atoms with Gasteiger partial charge in [0.05, 0.1) is 45.5 Å². The number of aromatic nitrogens is 2. The number of benzene rings is 2. The van der Waals surface area contributed by atoms with Crippen LogP contribution in [0, 0.1) is 11.3 Å². The fraction of sp³-hybridized carbons (Fsp3) is 0.182. The van der Waals surface area contributed by atoms with Crippen LogP contribution in [0.25, 0.3) is 11.3 Å². The van der Waals surface area contributed by atoms with Crippen LogP contribution < -0.4 is 10.6 Å². The first-order valence-electron chi connectivity index (χ1n) is 9.66. The number of hydrogen-bond donors (Lipinski definition) is 1. The van der Waals surface area contributed by atoms with Crippen LogP contribution in [-0.2, 0) is 0 Å². The Balaban J connectivity index is 1.40. The number of halogens is 2. The average Bonchev–Trinajstić information content (AvgIpc) is 2.81. The lowest BCUT2D eigenvalue weighted by Gasteiger charge is -2.35. The van der Waals surface area contributed by atoms with Gasteiger partial charge in [0.2, 0.25) is 0 Å². The normalized spacial score (nSPS) is 14.4. The van der Waals surface area contributed by atoms with E-state index < -0.39 is 0 Å². The number of hydrogen-bond acceptors (Lipinski definition) is 5. The maximum atomic E-state index is 8.89. The molecule has 2 aromatic carbocycles. The van der Waals surface area contributed by atoms with Gasteiger partial charge in [-0.15, -0.1) is 0 Å². The molecule has 0 saturated carbocycles. The Hall–Kier alpha value is -3.34. The van der Waals surface area contributed by atoms with E-state index in [0.29, 0.717) is 27.3 Å². The lowest BCUT2D eigenvalue weighted by Crippen LogP contribution is -2.51. The van der Waals surface area contributed by atoms with E-state index in [1.807, 2.05) is 17.0 Å². The third-order valence-corrected chi connectivity index (χ3v) is 5.85. The zero-order valence-electron chi connectivity index (χ0n) is 16.5. The highest BCUT2D eigenvalue weighted by molar-refractivity contribution is 6.43. The topological polar surface area (TPSA) is 94.4 Å². The first-order chi connectivity index (χ1) is 15.0. The number of nitrogens with zero attached hydrogens (tertiary/aromatic N) is 6. The second-order valence-corrected chi connectivity index (χ2v) is 7.75. The fourth-order valence-electron chi connectivity index (χ4n) is 3.30. The Kier molecular flexibility index (Phi) is 6.21. The van der Waals surface area contributed by atoms with E-state index in [9.17, 15) is 0 Å². The molecule has 4 rings (SSSR count). The molecule has 0 amide bonds. The van der Waals surface area contributed by atoms with Crippen LogP contribution in [0.2, 0.25) is 10.0 Å². The molecule has 0 spiro atoms. The van der Waals surface area contributed by atoms with Crippen molar-refractivity contribution in [2.45, 2.75) is 0 Å². The summed E-state index contributed by atoms with van der Waals surface area (Å²) in [6, 6.07) is 14.6. The molecule has 0 unspecified atom stereocenters. The summed E-state index contributed by atoms with van der Waals surface area (Å²) in [5, 5.41) is 9.84. The van der Waals surface area contributed by atoms with Crippen molar-refractivity contribution in [1.82, 2.24) is 14.9 Å². The average molecular weight is 452 g/mol. The van der Waals surface area contributed by atoms with Crippen molar-refractivity contribution >= 4 is 40.7 Å². The van der Waals surface area contributed by atoms with Gasteiger partial charge in [-0.2, -0.15) is 5.26 Å². The number of nitriles is 1. The Bertz CT molecular complexity index is 1130. The maximum Gasteiger partial charge on any atom is 0.196 e. The van der Waals surface area contributed by atoms with Gasteiger partial charge >= 0.3 is 0 Å². The van der Waals surface area contributed by atoms with Gasteiger partial charge in [0, 0.05) is 31.7 Å². The molecule has 1 aliphatic rings. The van der Waals surface area contributed by atoms with Crippen LogP contribution in [0.5, 0.6) is 0 Å². The Morgan fingerprint density at radius 3 is 2.39 bits per heavy atom. The van der Waals surface area contributed by atoms with Gasteiger partial charge in [-0.1, -0.05) is 35.3 Å². The molecular formula is C22H19Cl2N7. The molecule has 31 heavy (non-hydrogen) atoms. The van der Waals surface area contributed by atoms with Crippen molar-refractivity contribution in [1.29, 1.82) is 5.26 Å². The second-order valence-electron chi connectivity index (χ2n) is 6.96. The predicted molar refractivity (Wildman–Crippen MR) is 124 cm³/mol. The lowest BCUT2D eigenvalue weighted by molar-refractivity contribution is 0.381. The predicted octanol–water partition coefficient (Wildman–Crippen LogP) is 4.09. The quantitative estimate of drug-likeness (QED) is 0.475. The number of anilines is 1. The SMILES string of the molecule is N#Cc1ccc(N=C(N)N2CCN(c3cnc(-c4cccc(Cl)c4Cl)cn3)CC2)cc1. The molecule has 7 nitrogen and oxygen atoms in total. The summed E-state index contributed by atoms with van der Waals surface area (Å²) < 4.78 is 0. The number of piperazine rings is 1. The highest BCUT2D eigenvalue weighted by Crippen LogP contribution is 2.32. The number of aliphatic imine (C=N–C) groups is 1. The van der Waals surface area contributed by atoms with E-state index in [1.54, 1.807) is 42.7 Å². The lowest BCUT2D eigenvalue weighted by atomic mass is 10.1. The zero-order valence-corrected chi connectivity index (χ0v) is 18.1. The van der Waals surface area contributed by atoms with Gasteiger partial charge < -0.3 is 15.5 Å². The van der Waals surface area contributed by atoms with Gasteiger partial charge in [-0.25, -0.2) is 9.98 Å². The monoisotopic (exact) mass is 451 g/mol. The smallest absolute Gasteiger partial charge is 0.196 e. The first-order valence-corrected chi connectivity index (χ1v) is 10.4. The molecule has 1 fully saturated rings. The Morgan fingerprint density at radius 2 is 1.74 bits per heavy atom. The van der Waals surface area contributed by atoms with Crippen LogP contribution in [0.4, 0.5) is 11.5 Å². The van der Waals surface area contributed by atoms with Crippen LogP contribution in [0.3, 0.4) is 0 Å². The molecule has 156 valence electrons. The third-order valence-electron chi connectivity index (χ3n) is 5.03. The van der Waals surface area contributed by atoms with Crippen LogP contribution >= 0.6 is 23.2 Å². The van der Waals surface area contributed by atoms with Gasteiger partial charge in [0.25, 0.3) is 0 Å². The van der Waals surface area contributed by atoms with Crippen LogP contribution in [-0.4, -0.2) is 47.0 Å². The summed E-state index contributed by atoms with van der Waals surface area (Å²) in [4.78, 5) is 17.7. The molecule has 0 atom stereocenters. The molecule has 2 N–H and O–H groups in total. The minimum absolute atomic E-state index is 0.460. The number of nitrogens with two attached hydrogens (primary N) is 1. The largest absolute Gasteiger partial charge is 0.369 e. The molecule has 9 heteroatoms. The standard InChI is InChI=1S/C22H19Cl2N7/c23-18-3-1-2-17(21(18)24)19-13-28-20(14-27-19)30-8-10-31(11-9-30)22(26)29-16-6-4-15(12-25)5-7-16/h1-7,13-14H,8-11H2,(H2,26,29). The van der Waals surface area contributed by atoms with Gasteiger partial charge in [0.15, 0.2) is 5.96 Å².